The van der Waals surface area contributed by atoms with E-state index >= 15 is 0 Å². The van der Waals surface area contributed by atoms with Crippen molar-refractivity contribution >= 4 is 23.2 Å². The van der Waals surface area contributed by atoms with Crippen LogP contribution in [0.4, 0.5) is 13.2 Å². The smallest absolute Gasteiger partial charge is 0.347 e. The van der Waals surface area contributed by atoms with Gasteiger partial charge in [0, 0.05) is 44.1 Å². The maximum atomic E-state index is 13.2. The minimum Gasteiger partial charge on any atom is -0.347 e. The monoisotopic (exact) mass is 515 g/mol. The Balaban J connectivity index is 1.27. The van der Waals surface area contributed by atoms with Crippen molar-refractivity contribution in [2.45, 2.75) is 32.1 Å². The molecule has 2 heterocycles. The van der Waals surface area contributed by atoms with Gasteiger partial charge in [0.2, 0.25) is 5.91 Å². The van der Waals surface area contributed by atoms with E-state index in [-0.39, 0.29) is 23.9 Å². The third-order valence-electron chi connectivity index (χ3n) is 6.38. The highest BCUT2D eigenvalue weighted by molar-refractivity contribution is 7.14. The Hall–Kier alpha value is -3.17. The SMILES string of the molecule is CC(C(=O)N1CCN(Cc2ccc(C(=O)NCc3ccccc3C(F)(F)F)s2)CC1)c1ccccc1. The van der Waals surface area contributed by atoms with Crippen LogP contribution < -0.4 is 5.32 Å². The van der Waals surface area contributed by atoms with Crippen LogP contribution in [-0.4, -0.2) is 47.8 Å². The fraction of sp³-hybridized carbons (Fsp3) is 0.333. The van der Waals surface area contributed by atoms with Crippen LogP contribution in [0.2, 0.25) is 0 Å². The predicted octanol–water partition coefficient (Wildman–Crippen LogP) is 5.14. The van der Waals surface area contributed by atoms with Gasteiger partial charge < -0.3 is 10.2 Å². The van der Waals surface area contributed by atoms with Crippen LogP contribution in [0.1, 0.15) is 44.1 Å². The second-order valence-corrected chi connectivity index (χ2v) is 10.0. The molecule has 9 heteroatoms. The van der Waals surface area contributed by atoms with Crippen molar-refractivity contribution in [1.29, 1.82) is 0 Å². The van der Waals surface area contributed by atoms with Crippen molar-refractivity contribution in [3.63, 3.8) is 0 Å². The van der Waals surface area contributed by atoms with E-state index in [0.717, 1.165) is 29.6 Å². The van der Waals surface area contributed by atoms with Crippen molar-refractivity contribution in [1.82, 2.24) is 15.1 Å². The minimum absolute atomic E-state index is 0.0316. The van der Waals surface area contributed by atoms with Crippen LogP contribution in [0.15, 0.2) is 66.7 Å². The van der Waals surface area contributed by atoms with Gasteiger partial charge in [-0.1, -0.05) is 48.5 Å². The number of amides is 2. The predicted molar refractivity (Wildman–Crippen MR) is 134 cm³/mol. The van der Waals surface area contributed by atoms with Crippen LogP contribution in [0.5, 0.6) is 0 Å². The molecule has 0 spiro atoms. The number of benzene rings is 2. The van der Waals surface area contributed by atoms with Gasteiger partial charge in [-0.2, -0.15) is 13.2 Å². The van der Waals surface area contributed by atoms with E-state index in [1.54, 1.807) is 6.07 Å². The molecule has 0 aliphatic carbocycles. The second-order valence-electron chi connectivity index (χ2n) is 8.84. The number of carbonyl (C=O) groups excluding carboxylic acids is 2. The quantitative estimate of drug-likeness (QED) is 0.474. The molecule has 4 rings (SSSR count). The Morgan fingerprint density at radius 3 is 2.31 bits per heavy atom. The number of halogens is 3. The molecule has 5 nitrogen and oxygen atoms in total. The fourth-order valence-corrected chi connectivity index (χ4v) is 5.27. The van der Waals surface area contributed by atoms with Gasteiger partial charge in [-0.3, -0.25) is 14.5 Å². The Labute approximate surface area is 212 Å². The molecule has 1 aromatic heterocycles. The number of alkyl halides is 3. The van der Waals surface area contributed by atoms with Crippen molar-refractivity contribution in [2.75, 3.05) is 26.2 Å². The van der Waals surface area contributed by atoms with E-state index < -0.39 is 17.6 Å². The van der Waals surface area contributed by atoms with Crippen molar-refractivity contribution in [3.8, 4) is 0 Å². The molecule has 3 aromatic rings. The Morgan fingerprint density at radius 1 is 0.944 bits per heavy atom. The number of nitrogens with one attached hydrogen (secondary N) is 1. The van der Waals surface area contributed by atoms with Crippen molar-refractivity contribution in [2.24, 2.45) is 0 Å². The zero-order chi connectivity index (χ0) is 25.7. The lowest BCUT2D eigenvalue weighted by Crippen LogP contribution is -2.49. The molecule has 36 heavy (non-hydrogen) atoms. The number of thiophene rings is 1. The number of hydrogen-bond acceptors (Lipinski definition) is 4. The van der Waals surface area contributed by atoms with E-state index in [4.69, 9.17) is 0 Å². The van der Waals surface area contributed by atoms with E-state index in [1.165, 1.54) is 29.5 Å². The lowest BCUT2D eigenvalue weighted by molar-refractivity contribution is -0.138. The second kappa shape index (κ2) is 11.3. The molecule has 190 valence electrons. The molecule has 0 bridgehead atoms. The highest BCUT2D eigenvalue weighted by Crippen LogP contribution is 2.32. The summed E-state index contributed by atoms with van der Waals surface area (Å²) in [6.45, 7) is 5.16. The molecule has 2 amide bonds. The standard InChI is InChI=1S/C27H28F3N3O2S/c1-19(20-7-3-2-4-8-20)26(35)33-15-13-32(14-16-33)18-22-11-12-24(36-22)25(34)31-17-21-9-5-6-10-23(21)27(28,29)30/h2-12,19H,13-18H2,1H3,(H,31,34). The number of carbonyl (C=O) groups is 2. The van der Waals surface area contributed by atoms with E-state index in [0.29, 0.717) is 24.5 Å². The molecular formula is C27H28F3N3O2S. The van der Waals surface area contributed by atoms with Gasteiger partial charge in [-0.05, 0) is 36.2 Å². The summed E-state index contributed by atoms with van der Waals surface area (Å²) >= 11 is 1.33. The van der Waals surface area contributed by atoms with Crippen LogP contribution in [-0.2, 0) is 24.1 Å². The van der Waals surface area contributed by atoms with Gasteiger partial charge in [0.15, 0.2) is 0 Å². The summed E-state index contributed by atoms with van der Waals surface area (Å²) in [5.41, 5.74) is 0.299. The zero-order valence-corrected chi connectivity index (χ0v) is 20.7. The first-order chi connectivity index (χ1) is 17.2. The van der Waals surface area contributed by atoms with Crippen LogP contribution in [0.25, 0.3) is 0 Å². The lowest BCUT2D eigenvalue weighted by Gasteiger charge is -2.35. The molecule has 1 N–H and O–H groups in total. The first-order valence-corrected chi connectivity index (χ1v) is 12.6. The normalized spacial score (nSPS) is 15.5. The number of nitrogens with zero attached hydrogens (tertiary/aromatic N) is 2. The molecule has 1 aliphatic heterocycles. The summed E-state index contributed by atoms with van der Waals surface area (Å²) in [6.07, 6.45) is -4.47. The maximum Gasteiger partial charge on any atom is 0.416 e. The summed E-state index contributed by atoms with van der Waals surface area (Å²) in [7, 11) is 0. The summed E-state index contributed by atoms with van der Waals surface area (Å²) in [5, 5.41) is 2.60. The zero-order valence-electron chi connectivity index (χ0n) is 19.9. The van der Waals surface area contributed by atoms with Crippen LogP contribution in [0, 0.1) is 0 Å². The number of hydrogen-bond donors (Lipinski definition) is 1. The van der Waals surface area contributed by atoms with E-state index in [2.05, 4.69) is 10.2 Å². The van der Waals surface area contributed by atoms with Gasteiger partial charge in [0.25, 0.3) is 5.91 Å². The Bertz CT molecular complexity index is 1190. The summed E-state index contributed by atoms with van der Waals surface area (Å²) in [6, 6.07) is 18.6. The van der Waals surface area contributed by atoms with Gasteiger partial charge in [0.05, 0.1) is 16.4 Å². The summed E-state index contributed by atoms with van der Waals surface area (Å²) in [4.78, 5) is 31.0. The van der Waals surface area contributed by atoms with E-state index in [1.807, 2.05) is 48.2 Å². The highest BCUT2D eigenvalue weighted by atomic mass is 32.1. The van der Waals surface area contributed by atoms with Gasteiger partial charge in [-0.25, -0.2) is 0 Å². The lowest BCUT2D eigenvalue weighted by atomic mass is 9.99. The topological polar surface area (TPSA) is 52.7 Å². The summed E-state index contributed by atoms with van der Waals surface area (Å²) in [5.74, 6) is -0.448. The minimum atomic E-state index is -4.47. The third kappa shape index (κ3) is 6.33. The van der Waals surface area contributed by atoms with Gasteiger partial charge in [-0.15, -0.1) is 11.3 Å². The third-order valence-corrected chi connectivity index (χ3v) is 7.45. The van der Waals surface area contributed by atoms with Gasteiger partial charge in [0.1, 0.15) is 0 Å². The van der Waals surface area contributed by atoms with Gasteiger partial charge >= 0.3 is 6.18 Å². The summed E-state index contributed by atoms with van der Waals surface area (Å²) < 4.78 is 39.5. The molecule has 1 fully saturated rings. The molecule has 1 atom stereocenters. The maximum absolute atomic E-state index is 13.2. The highest BCUT2D eigenvalue weighted by Gasteiger charge is 2.33. The van der Waals surface area contributed by atoms with Crippen molar-refractivity contribution < 1.29 is 22.8 Å². The molecule has 2 aromatic carbocycles. The average Bonchev–Trinajstić information content (AvgIpc) is 3.35. The Morgan fingerprint density at radius 2 is 1.61 bits per heavy atom. The molecule has 1 aliphatic rings. The first kappa shape index (κ1) is 25.9. The largest absolute Gasteiger partial charge is 0.416 e. The fourth-order valence-electron chi connectivity index (χ4n) is 4.30. The molecule has 1 saturated heterocycles. The molecule has 0 radical (unpaired) electrons. The number of rotatable bonds is 7. The molecule has 1 unspecified atom stereocenters. The molecular weight excluding hydrogens is 487 g/mol. The number of piperazine rings is 1. The first-order valence-electron chi connectivity index (χ1n) is 11.8. The van der Waals surface area contributed by atoms with E-state index in [9.17, 15) is 22.8 Å². The molecule has 0 saturated carbocycles. The van der Waals surface area contributed by atoms with Crippen LogP contribution >= 0.6 is 11.3 Å². The average molecular weight is 516 g/mol. The van der Waals surface area contributed by atoms with Crippen molar-refractivity contribution in [3.05, 3.63) is 93.2 Å². The Kier molecular flexibility index (Phi) is 8.11. The van der Waals surface area contributed by atoms with Crippen LogP contribution in [0.3, 0.4) is 0 Å².